The van der Waals surface area contributed by atoms with Gasteiger partial charge < -0.3 is 4.42 Å². The van der Waals surface area contributed by atoms with E-state index in [2.05, 4.69) is 12.6 Å². The van der Waals surface area contributed by atoms with Crippen molar-refractivity contribution < 1.29 is 4.42 Å². The van der Waals surface area contributed by atoms with Crippen molar-refractivity contribution in [2.45, 2.75) is 4.90 Å². The van der Waals surface area contributed by atoms with Crippen LogP contribution in [0.15, 0.2) is 9.31 Å². The highest BCUT2D eigenvalue weighted by Gasteiger charge is 2.16. The van der Waals surface area contributed by atoms with Crippen LogP contribution in [0.2, 0.25) is 0 Å². The molecule has 0 atom stereocenters. The first-order valence-electron chi connectivity index (χ1n) is 2.80. The second-order valence-electron chi connectivity index (χ2n) is 1.82. The van der Waals surface area contributed by atoms with Crippen LogP contribution in [0.25, 0.3) is 0 Å². The third kappa shape index (κ3) is 1.01. The summed E-state index contributed by atoms with van der Waals surface area (Å²) in [6.45, 7) is 0. The molecule has 0 amide bonds. The van der Waals surface area contributed by atoms with Gasteiger partial charge in [0.1, 0.15) is 23.8 Å². The van der Waals surface area contributed by atoms with Crippen LogP contribution in [0.3, 0.4) is 0 Å². The monoisotopic (exact) mass is 175 g/mol. The van der Waals surface area contributed by atoms with Gasteiger partial charge in [-0.15, -0.1) is 12.6 Å². The molecule has 0 aliphatic carbocycles. The van der Waals surface area contributed by atoms with Crippen LogP contribution in [0, 0.1) is 34.0 Å². The Kier molecular flexibility index (Phi) is 2.05. The normalized spacial score (nSPS) is 8.17. The maximum atomic E-state index is 8.52. The van der Waals surface area contributed by atoms with E-state index in [1.54, 1.807) is 18.2 Å². The van der Waals surface area contributed by atoms with Gasteiger partial charge in [-0.05, 0) is 0 Å². The molecule has 0 aromatic carbocycles. The Hall–Kier alpha value is -1.90. The molecule has 0 fully saturated rings. The molecule has 5 heteroatoms. The summed E-state index contributed by atoms with van der Waals surface area (Å²) in [6.07, 6.45) is 0. The van der Waals surface area contributed by atoms with Crippen LogP contribution >= 0.6 is 12.6 Å². The fraction of sp³-hybridized carbons (Fsp3) is 0. The minimum atomic E-state index is -0.168. The van der Waals surface area contributed by atoms with Crippen LogP contribution in [0.1, 0.15) is 17.1 Å². The quantitative estimate of drug-likeness (QED) is 0.600. The standard InChI is InChI=1S/C7HN3OS/c8-1-4-5(2-9)11-6(3-10)7(4)12/h12H. The summed E-state index contributed by atoms with van der Waals surface area (Å²) >= 11 is 3.86. The highest BCUT2D eigenvalue weighted by Crippen LogP contribution is 2.24. The molecule has 1 aromatic rings. The highest BCUT2D eigenvalue weighted by molar-refractivity contribution is 7.80. The van der Waals surface area contributed by atoms with Crippen molar-refractivity contribution in [2.24, 2.45) is 0 Å². The van der Waals surface area contributed by atoms with Gasteiger partial charge in [0.05, 0.1) is 4.90 Å². The Balaban J connectivity index is 3.51. The van der Waals surface area contributed by atoms with Gasteiger partial charge >= 0.3 is 0 Å². The summed E-state index contributed by atoms with van der Waals surface area (Å²) in [4.78, 5) is 0.122. The second-order valence-corrected chi connectivity index (χ2v) is 2.27. The number of thiol groups is 1. The van der Waals surface area contributed by atoms with Gasteiger partial charge in [0.15, 0.2) is 0 Å². The molecule has 0 N–H and O–H groups in total. The Morgan fingerprint density at radius 3 is 1.92 bits per heavy atom. The molecule has 0 radical (unpaired) electrons. The summed E-state index contributed by atoms with van der Waals surface area (Å²) in [5.41, 5.74) is 0.0115. The van der Waals surface area contributed by atoms with Crippen molar-refractivity contribution in [3.05, 3.63) is 17.1 Å². The maximum absolute atomic E-state index is 8.52. The summed E-state index contributed by atoms with van der Waals surface area (Å²) in [5, 5.41) is 25.4. The average Bonchev–Trinajstić information content (AvgIpc) is 2.41. The molecule has 1 aromatic heterocycles. The average molecular weight is 175 g/mol. The lowest BCUT2D eigenvalue weighted by Crippen LogP contribution is -1.74. The van der Waals surface area contributed by atoms with Crippen LogP contribution in [-0.2, 0) is 0 Å². The lowest BCUT2D eigenvalue weighted by molar-refractivity contribution is 0.533. The predicted molar refractivity (Wildman–Crippen MR) is 40.1 cm³/mol. The summed E-state index contributed by atoms with van der Waals surface area (Å²) in [7, 11) is 0. The number of hydrogen-bond donors (Lipinski definition) is 1. The van der Waals surface area contributed by atoms with E-state index in [0.717, 1.165) is 0 Å². The third-order valence-corrected chi connectivity index (χ3v) is 1.62. The van der Waals surface area contributed by atoms with E-state index in [1.807, 2.05) is 0 Å². The zero-order valence-electron chi connectivity index (χ0n) is 5.70. The fourth-order valence-corrected chi connectivity index (χ4v) is 0.928. The van der Waals surface area contributed by atoms with Crippen molar-refractivity contribution >= 4 is 12.6 Å². The molecule has 56 valence electrons. The molecule has 1 rings (SSSR count). The van der Waals surface area contributed by atoms with Gasteiger partial charge in [0.25, 0.3) is 0 Å². The highest BCUT2D eigenvalue weighted by atomic mass is 32.1. The lowest BCUT2D eigenvalue weighted by Gasteiger charge is -1.78. The molecule has 0 aliphatic rings. The number of nitriles is 3. The van der Waals surface area contributed by atoms with Crippen LogP contribution < -0.4 is 0 Å². The largest absolute Gasteiger partial charge is 0.432 e. The van der Waals surface area contributed by atoms with Gasteiger partial charge in [0, 0.05) is 0 Å². The van der Waals surface area contributed by atoms with Crippen molar-refractivity contribution in [2.75, 3.05) is 0 Å². The van der Waals surface area contributed by atoms with Gasteiger partial charge in [-0.1, -0.05) is 0 Å². The van der Waals surface area contributed by atoms with Crippen LogP contribution in [-0.4, -0.2) is 0 Å². The van der Waals surface area contributed by atoms with Crippen molar-refractivity contribution in [3.8, 4) is 18.2 Å². The minimum absolute atomic E-state index is 0.0115. The van der Waals surface area contributed by atoms with E-state index in [1.165, 1.54) is 0 Å². The number of rotatable bonds is 0. The molecule has 1 heterocycles. The molecule has 0 aliphatic heterocycles. The Morgan fingerprint density at radius 2 is 1.58 bits per heavy atom. The molecule has 0 saturated heterocycles. The Labute approximate surface area is 73.7 Å². The molecule has 0 bridgehead atoms. The Bertz CT molecular complexity index is 441. The van der Waals surface area contributed by atoms with Crippen LogP contribution in [0.4, 0.5) is 0 Å². The minimum Gasteiger partial charge on any atom is -0.432 e. The van der Waals surface area contributed by atoms with Crippen molar-refractivity contribution in [3.63, 3.8) is 0 Å². The molecule has 12 heavy (non-hydrogen) atoms. The summed E-state index contributed by atoms with van der Waals surface area (Å²) in [6, 6.07) is 5.06. The topological polar surface area (TPSA) is 84.5 Å². The SMILES string of the molecule is N#Cc1oc(C#N)c(C#N)c1S. The number of furan rings is 1. The zero-order valence-corrected chi connectivity index (χ0v) is 6.59. The molecular weight excluding hydrogens is 174 g/mol. The van der Waals surface area contributed by atoms with E-state index in [4.69, 9.17) is 20.2 Å². The van der Waals surface area contributed by atoms with Crippen LogP contribution in [0.5, 0.6) is 0 Å². The first kappa shape index (κ1) is 8.20. The van der Waals surface area contributed by atoms with Gasteiger partial charge in [0.2, 0.25) is 11.5 Å². The lowest BCUT2D eigenvalue weighted by atomic mass is 10.3. The van der Waals surface area contributed by atoms with E-state index < -0.39 is 0 Å². The predicted octanol–water partition coefficient (Wildman–Crippen LogP) is 1.18. The van der Waals surface area contributed by atoms with Gasteiger partial charge in [-0.3, -0.25) is 0 Å². The molecular formula is C7HN3OS. The van der Waals surface area contributed by atoms with Gasteiger partial charge in [-0.25, -0.2) is 0 Å². The van der Waals surface area contributed by atoms with Gasteiger partial charge in [-0.2, -0.15) is 15.8 Å². The number of nitrogens with zero attached hydrogens (tertiary/aromatic N) is 3. The van der Waals surface area contributed by atoms with E-state index in [0.29, 0.717) is 0 Å². The molecule has 0 unspecified atom stereocenters. The third-order valence-electron chi connectivity index (χ3n) is 1.20. The smallest absolute Gasteiger partial charge is 0.224 e. The maximum Gasteiger partial charge on any atom is 0.224 e. The summed E-state index contributed by atoms with van der Waals surface area (Å²) in [5.74, 6) is -0.273. The van der Waals surface area contributed by atoms with E-state index in [9.17, 15) is 0 Å². The zero-order chi connectivity index (χ0) is 9.14. The Morgan fingerprint density at radius 1 is 1.00 bits per heavy atom. The second kappa shape index (κ2) is 3.00. The van der Waals surface area contributed by atoms with Crippen molar-refractivity contribution in [1.29, 1.82) is 15.8 Å². The van der Waals surface area contributed by atoms with E-state index in [-0.39, 0.29) is 22.0 Å². The number of hydrogen-bond acceptors (Lipinski definition) is 5. The molecule has 0 saturated carbocycles. The fourth-order valence-electron chi connectivity index (χ4n) is 0.681. The van der Waals surface area contributed by atoms with E-state index >= 15 is 0 Å². The van der Waals surface area contributed by atoms with Crippen molar-refractivity contribution in [1.82, 2.24) is 0 Å². The molecule has 0 spiro atoms. The first-order valence-corrected chi connectivity index (χ1v) is 3.25. The summed E-state index contributed by atoms with van der Waals surface area (Å²) < 4.78 is 4.71. The first-order chi connectivity index (χ1) is 5.74. The molecule has 4 nitrogen and oxygen atoms in total.